The molecule has 0 aromatic rings. The molecule has 0 radical (unpaired) electrons. The van der Waals surface area contributed by atoms with Crippen LogP contribution in [0.1, 0.15) is 89.0 Å². The van der Waals surface area contributed by atoms with Crippen molar-refractivity contribution in [2.75, 3.05) is 7.11 Å². The highest BCUT2D eigenvalue weighted by molar-refractivity contribution is 5.75. The van der Waals surface area contributed by atoms with Gasteiger partial charge in [0.15, 0.2) is 0 Å². The van der Waals surface area contributed by atoms with Crippen LogP contribution in [-0.4, -0.2) is 13.1 Å². The van der Waals surface area contributed by atoms with Gasteiger partial charge in [-0.25, -0.2) is 0 Å². The molecule has 0 bridgehead atoms. The van der Waals surface area contributed by atoms with Gasteiger partial charge in [-0.05, 0) is 54.8 Å². The second kappa shape index (κ2) is 7.15. The summed E-state index contributed by atoms with van der Waals surface area (Å²) >= 11 is 0. The van der Waals surface area contributed by atoms with Crippen molar-refractivity contribution in [3.05, 3.63) is 0 Å². The number of methoxy groups -OCH3 is 1. The maximum absolute atomic E-state index is 12.1. The fraction of sp³-hybridized carbons (Fsp3) is 0.952. The Kier molecular flexibility index (Phi) is 6.99. The molecule has 0 amide bonds. The van der Waals surface area contributed by atoms with Crippen LogP contribution in [0.15, 0.2) is 0 Å². The molecule has 0 heterocycles. The average molecular weight is 327 g/mol. The first kappa shape index (κ1) is 22.5. The van der Waals surface area contributed by atoms with Crippen LogP contribution < -0.4 is 0 Å². The van der Waals surface area contributed by atoms with Crippen molar-refractivity contribution in [1.82, 2.24) is 0 Å². The summed E-state index contributed by atoms with van der Waals surface area (Å²) in [4.78, 5) is 12.1. The number of hydrogen-bond acceptors (Lipinski definition) is 2. The fourth-order valence-corrected chi connectivity index (χ4v) is 4.53. The van der Waals surface area contributed by atoms with Gasteiger partial charge in [-0.3, -0.25) is 4.79 Å². The van der Waals surface area contributed by atoms with Crippen LogP contribution >= 0.6 is 0 Å². The zero-order valence-electron chi connectivity index (χ0n) is 17.9. The third-order valence-electron chi connectivity index (χ3n) is 5.84. The van der Waals surface area contributed by atoms with Gasteiger partial charge in [0.05, 0.1) is 12.5 Å². The van der Waals surface area contributed by atoms with Gasteiger partial charge in [0.1, 0.15) is 0 Å². The lowest BCUT2D eigenvalue weighted by Crippen LogP contribution is -2.41. The second-order valence-electron chi connectivity index (χ2n) is 10.8. The number of ether oxygens (including phenoxy) is 1. The lowest BCUT2D eigenvalue weighted by atomic mass is 9.58. The summed E-state index contributed by atoms with van der Waals surface area (Å²) in [5.74, 6) is 0.980. The summed E-state index contributed by atoms with van der Waals surface area (Å²) in [5, 5.41) is 0. The van der Waals surface area contributed by atoms with E-state index in [9.17, 15) is 4.79 Å². The van der Waals surface area contributed by atoms with Crippen molar-refractivity contribution in [1.29, 1.82) is 0 Å². The summed E-state index contributed by atoms with van der Waals surface area (Å²) in [5.41, 5.74) is 0.226. The van der Waals surface area contributed by atoms with Gasteiger partial charge in [0, 0.05) is 0 Å². The van der Waals surface area contributed by atoms with Crippen molar-refractivity contribution in [2.24, 2.45) is 33.5 Å². The summed E-state index contributed by atoms with van der Waals surface area (Å²) in [6.07, 6.45) is 2.03. The molecule has 2 atom stereocenters. The molecule has 0 rings (SSSR count). The van der Waals surface area contributed by atoms with Gasteiger partial charge in [0.2, 0.25) is 0 Å². The first-order chi connectivity index (χ1) is 9.96. The van der Waals surface area contributed by atoms with E-state index >= 15 is 0 Å². The number of carbonyl (C=O) groups excluding carboxylic acids is 1. The van der Waals surface area contributed by atoms with Gasteiger partial charge < -0.3 is 4.74 Å². The van der Waals surface area contributed by atoms with Crippen molar-refractivity contribution < 1.29 is 9.53 Å². The van der Waals surface area contributed by atoms with Crippen LogP contribution in [0.3, 0.4) is 0 Å². The zero-order valence-corrected chi connectivity index (χ0v) is 17.9. The van der Waals surface area contributed by atoms with Gasteiger partial charge in [0.25, 0.3) is 0 Å². The standard InChI is InChI=1S/C21H42O2/c1-15(19(6,7)13-18(3,4)5)16(2)20(8,9)14-21(10,11)17(22)23-12/h15-16H,13-14H2,1-12H3. The lowest BCUT2D eigenvalue weighted by molar-refractivity contribution is -0.153. The molecular formula is C21H42O2. The van der Waals surface area contributed by atoms with Crippen LogP contribution in [0.25, 0.3) is 0 Å². The first-order valence-corrected chi connectivity index (χ1v) is 9.05. The topological polar surface area (TPSA) is 26.3 Å². The van der Waals surface area contributed by atoms with E-state index in [1.807, 2.05) is 13.8 Å². The molecule has 0 aliphatic rings. The molecule has 0 saturated carbocycles. The predicted molar refractivity (Wildman–Crippen MR) is 100 cm³/mol. The Hall–Kier alpha value is -0.530. The van der Waals surface area contributed by atoms with Gasteiger partial charge in [-0.15, -0.1) is 0 Å². The maximum atomic E-state index is 12.1. The molecule has 0 saturated heterocycles. The SMILES string of the molecule is COC(=O)C(C)(C)CC(C)(C)C(C)C(C)C(C)(C)CC(C)(C)C. The summed E-state index contributed by atoms with van der Waals surface area (Å²) in [7, 11) is 1.48. The van der Waals surface area contributed by atoms with Crippen molar-refractivity contribution in [3.63, 3.8) is 0 Å². The molecule has 0 aliphatic carbocycles. The molecule has 23 heavy (non-hydrogen) atoms. The van der Waals surface area contributed by atoms with Gasteiger partial charge in [-0.1, -0.05) is 62.3 Å². The van der Waals surface area contributed by atoms with E-state index in [1.54, 1.807) is 0 Å². The molecule has 0 fully saturated rings. The monoisotopic (exact) mass is 326 g/mol. The van der Waals surface area contributed by atoms with Crippen molar-refractivity contribution in [3.8, 4) is 0 Å². The molecular weight excluding hydrogens is 284 g/mol. The molecule has 138 valence electrons. The molecule has 2 heteroatoms. The van der Waals surface area contributed by atoms with E-state index in [-0.39, 0.29) is 16.8 Å². The zero-order chi connectivity index (χ0) is 18.9. The van der Waals surface area contributed by atoms with E-state index < -0.39 is 5.41 Å². The Bertz CT molecular complexity index is 397. The normalized spacial score (nSPS) is 16.9. The van der Waals surface area contributed by atoms with E-state index in [4.69, 9.17) is 4.74 Å². The molecule has 0 spiro atoms. The second-order valence-corrected chi connectivity index (χ2v) is 10.8. The van der Waals surface area contributed by atoms with E-state index in [1.165, 1.54) is 13.5 Å². The molecule has 2 unspecified atom stereocenters. The third kappa shape index (κ3) is 6.47. The smallest absolute Gasteiger partial charge is 0.311 e. The molecule has 2 nitrogen and oxygen atoms in total. The van der Waals surface area contributed by atoms with Crippen LogP contribution in [-0.2, 0) is 9.53 Å². The van der Waals surface area contributed by atoms with Crippen LogP contribution in [0.5, 0.6) is 0 Å². The minimum atomic E-state index is -0.444. The minimum Gasteiger partial charge on any atom is -0.469 e. The number of hydrogen-bond donors (Lipinski definition) is 0. The van der Waals surface area contributed by atoms with E-state index in [0.717, 1.165) is 6.42 Å². The van der Waals surface area contributed by atoms with Crippen LogP contribution in [0, 0.1) is 33.5 Å². The van der Waals surface area contributed by atoms with Crippen molar-refractivity contribution in [2.45, 2.75) is 89.0 Å². The number of rotatable bonds is 7. The Labute approximate surface area is 145 Å². The van der Waals surface area contributed by atoms with Crippen LogP contribution in [0.2, 0.25) is 0 Å². The average Bonchev–Trinajstić information content (AvgIpc) is 2.31. The minimum absolute atomic E-state index is 0.0757. The van der Waals surface area contributed by atoms with Crippen molar-refractivity contribution >= 4 is 5.97 Å². The Morgan fingerprint density at radius 1 is 0.783 bits per heavy atom. The largest absolute Gasteiger partial charge is 0.469 e. The fourth-order valence-electron chi connectivity index (χ4n) is 4.53. The highest BCUT2D eigenvalue weighted by Crippen LogP contribution is 2.49. The van der Waals surface area contributed by atoms with Crippen LogP contribution in [0.4, 0.5) is 0 Å². The molecule has 0 aromatic heterocycles. The Morgan fingerprint density at radius 2 is 1.13 bits per heavy atom. The highest BCUT2D eigenvalue weighted by atomic mass is 16.5. The van der Waals surface area contributed by atoms with Gasteiger partial charge >= 0.3 is 5.97 Å². The molecule has 0 aromatic carbocycles. The highest BCUT2D eigenvalue weighted by Gasteiger charge is 2.43. The predicted octanol–water partition coefficient (Wildman–Crippen LogP) is 6.34. The summed E-state index contributed by atoms with van der Waals surface area (Å²) in [6.45, 7) is 25.1. The quantitative estimate of drug-likeness (QED) is 0.510. The Balaban J connectivity index is 5.25. The van der Waals surface area contributed by atoms with E-state index in [0.29, 0.717) is 17.3 Å². The third-order valence-corrected chi connectivity index (χ3v) is 5.84. The van der Waals surface area contributed by atoms with Gasteiger partial charge in [-0.2, -0.15) is 0 Å². The van der Waals surface area contributed by atoms with E-state index in [2.05, 4.69) is 62.3 Å². The molecule has 0 N–H and O–H groups in total. The summed E-state index contributed by atoms with van der Waals surface area (Å²) in [6, 6.07) is 0. The molecule has 0 aliphatic heterocycles. The lowest BCUT2D eigenvalue weighted by Gasteiger charge is -2.47. The maximum Gasteiger partial charge on any atom is 0.311 e. The first-order valence-electron chi connectivity index (χ1n) is 9.05. The number of esters is 1. The Morgan fingerprint density at radius 3 is 1.43 bits per heavy atom. The number of carbonyl (C=O) groups is 1. The summed E-state index contributed by atoms with van der Waals surface area (Å²) < 4.78 is 5.00.